The molecule has 1 aromatic carbocycles. The Bertz CT molecular complexity index is 944. The summed E-state index contributed by atoms with van der Waals surface area (Å²) >= 11 is 6.08. The average molecular weight is 359 g/mol. The Balaban J connectivity index is 1.45. The van der Waals surface area contributed by atoms with Gasteiger partial charge in [0.2, 0.25) is 0 Å². The van der Waals surface area contributed by atoms with Crippen molar-refractivity contribution in [1.82, 2.24) is 20.1 Å². The molecule has 0 radical (unpaired) electrons. The number of hydrogen-bond donors (Lipinski definition) is 2. The predicted molar refractivity (Wildman–Crippen MR) is 95.9 cm³/mol. The van der Waals surface area contributed by atoms with Crippen molar-refractivity contribution in [3.63, 3.8) is 0 Å². The fraction of sp³-hybridized carbons (Fsp3) is 0.333. The second kappa shape index (κ2) is 6.54. The summed E-state index contributed by atoms with van der Waals surface area (Å²) in [6, 6.07) is 5.76. The molecule has 4 rings (SSSR count). The number of carbonyl (C=O) groups excluding carboxylic acids is 1. The van der Waals surface area contributed by atoms with E-state index in [1.54, 1.807) is 4.68 Å². The number of H-pyrrole nitrogens is 1. The Kier molecular flexibility index (Phi) is 4.23. The van der Waals surface area contributed by atoms with Gasteiger partial charge in [0.15, 0.2) is 5.69 Å². The van der Waals surface area contributed by atoms with Gasteiger partial charge in [0.1, 0.15) is 0 Å². The Hall–Kier alpha value is -2.31. The first kappa shape index (κ1) is 16.2. The molecular weight excluding hydrogens is 340 g/mol. The third-order valence-electron chi connectivity index (χ3n) is 4.63. The van der Waals surface area contributed by atoms with E-state index in [0.29, 0.717) is 30.5 Å². The van der Waals surface area contributed by atoms with Crippen molar-refractivity contribution in [1.29, 1.82) is 0 Å². The largest absolute Gasteiger partial charge is 0.376 e. The second-order valence-corrected chi connectivity index (χ2v) is 6.65. The molecule has 0 unspecified atom stereocenters. The fourth-order valence-electron chi connectivity index (χ4n) is 3.34. The SMILES string of the molecule is Cn1nc(C(=O)NCCc2c[nH]c3ccc(Cl)cc23)c2c1CCOC2. The van der Waals surface area contributed by atoms with E-state index < -0.39 is 0 Å². The van der Waals surface area contributed by atoms with Crippen LogP contribution >= 0.6 is 11.6 Å². The topological polar surface area (TPSA) is 71.9 Å². The summed E-state index contributed by atoms with van der Waals surface area (Å²) in [6.07, 6.45) is 3.48. The van der Waals surface area contributed by atoms with Crippen LogP contribution in [-0.2, 0) is 31.2 Å². The zero-order valence-corrected chi connectivity index (χ0v) is 14.7. The zero-order valence-electron chi connectivity index (χ0n) is 13.9. The molecule has 1 amide bonds. The maximum atomic E-state index is 12.5. The van der Waals surface area contributed by atoms with Crippen molar-refractivity contribution in [3.8, 4) is 0 Å². The molecule has 3 aromatic rings. The van der Waals surface area contributed by atoms with Crippen LogP contribution in [0.4, 0.5) is 0 Å². The molecule has 1 aliphatic rings. The molecule has 2 N–H and O–H groups in total. The van der Waals surface area contributed by atoms with Gasteiger partial charge < -0.3 is 15.0 Å². The van der Waals surface area contributed by atoms with Crippen LogP contribution in [0.2, 0.25) is 5.02 Å². The number of benzene rings is 1. The summed E-state index contributed by atoms with van der Waals surface area (Å²) in [5.41, 5.74) is 4.64. The van der Waals surface area contributed by atoms with Crippen molar-refractivity contribution < 1.29 is 9.53 Å². The molecule has 0 aliphatic carbocycles. The third-order valence-corrected chi connectivity index (χ3v) is 4.86. The number of aromatic nitrogens is 3. The number of fused-ring (bicyclic) bond motifs is 2. The molecule has 0 spiro atoms. The first-order valence-corrected chi connectivity index (χ1v) is 8.67. The van der Waals surface area contributed by atoms with Gasteiger partial charge in [-0.05, 0) is 30.2 Å². The van der Waals surface area contributed by atoms with Crippen molar-refractivity contribution in [2.75, 3.05) is 13.2 Å². The summed E-state index contributed by atoms with van der Waals surface area (Å²) in [6.45, 7) is 1.66. The molecule has 0 bridgehead atoms. The number of ether oxygens (including phenoxy) is 1. The van der Waals surface area contributed by atoms with Crippen LogP contribution in [0.15, 0.2) is 24.4 Å². The van der Waals surface area contributed by atoms with E-state index in [1.165, 1.54) is 0 Å². The Morgan fingerprint density at radius 3 is 3.24 bits per heavy atom. The monoisotopic (exact) mass is 358 g/mol. The summed E-state index contributed by atoms with van der Waals surface area (Å²) in [5, 5.41) is 9.13. The third kappa shape index (κ3) is 3.03. The van der Waals surface area contributed by atoms with E-state index in [4.69, 9.17) is 16.3 Å². The van der Waals surface area contributed by atoms with Crippen molar-refractivity contribution in [3.05, 3.63) is 51.9 Å². The summed E-state index contributed by atoms with van der Waals surface area (Å²) in [4.78, 5) is 15.7. The van der Waals surface area contributed by atoms with E-state index >= 15 is 0 Å². The lowest BCUT2D eigenvalue weighted by Crippen LogP contribution is -2.27. The van der Waals surface area contributed by atoms with Crippen LogP contribution in [0, 0.1) is 0 Å². The zero-order chi connectivity index (χ0) is 17.4. The summed E-state index contributed by atoms with van der Waals surface area (Å²) in [7, 11) is 1.87. The number of nitrogens with zero attached hydrogens (tertiary/aromatic N) is 2. The van der Waals surface area contributed by atoms with Crippen LogP contribution in [0.1, 0.15) is 27.3 Å². The number of carbonyl (C=O) groups is 1. The highest BCUT2D eigenvalue weighted by Crippen LogP contribution is 2.23. The van der Waals surface area contributed by atoms with Crippen LogP contribution in [0.5, 0.6) is 0 Å². The minimum Gasteiger partial charge on any atom is -0.376 e. The lowest BCUT2D eigenvalue weighted by molar-refractivity contribution is 0.0925. The van der Waals surface area contributed by atoms with E-state index in [0.717, 1.165) is 40.6 Å². The van der Waals surface area contributed by atoms with Crippen LogP contribution < -0.4 is 5.32 Å². The van der Waals surface area contributed by atoms with Gasteiger partial charge >= 0.3 is 0 Å². The van der Waals surface area contributed by atoms with E-state index in [9.17, 15) is 4.79 Å². The lowest BCUT2D eigenvalue weighted by atomic mass is 10.1. The number of rotatable bonds is 4. The van der Waals surface area contributed by atoms with Crippen LogP contribution in [0.25, 0.3) is 10.9 Å². The van der Waals surface area contributed by atoms with E-state index in [-0.39, 0.29) is 5.91 Å². The highest BCUT2D eigenvalue weighted by atomic mass is 35.5. The molecule has 3 heterocycles. The molecule has 25 heavy (non-hydrogen) atoms. The maximum Gasteiger partial charge on any atom is 0.272 e. The second-order valence-electron chi connectivity index (χ2n) is 6.21. The molecular formula is C18H19ClN4O2. The van der Waals surface area contributed by atoms with Gasteiger partial charge in [-0.2, -0.15) is 5.10 Å². The van der Waals surface area contributed by atoms with E-state index in [1.807, 2.05) is 31.4 Å². The molecule has 2 aromatic heterocycles. The molecule has 7 heteroatoms. The number of hydrogen-bond acceptors (Lipinski definition) is 3. The summed E-state index contributed by atoms with van der Waals surface area (Å²) < 4.78 is 7.26. The number of aryl methyl sites for hydroxylation is 1. The molecule has 130 valence electrons. The molecule has 0 atom stereocenters. The normalized spacial score (nSPS) is 13.8. The minimum absolute atomic E-state index is 0.153. The van der Waals surface area contributed by atoms with Gasteiger partial charge in [0.05, 0.1) is 13.2 Å². The first-order valence-electron chi connectivity index (χ1n) is 8.29. The highest BCUT2D eigenvalue weighted by Gasteiger charge is 2.24. The van der Waals surface area contributed by atoms with Crippen molar-refractivity contribution in [2.45, 2.75) is 19.4 Å². The molecule has 0 saturated heterocycles. The number of nitrogens with one attached hydrogen (secondary N) is 2. The minimum atomic E-state index is -0.153. The van der Waals surface area contributed by atoms with Gasteiger partial charge in [0, 0.05) is 53.4 Å². The van der Waals surface area contributed by atoms with Crippen LogP contribution in [-0.4, -0.2) is 33.8 Å². The lowest BCUT2D eigenvalue weighted by Gasteiger charge is -2.13. The molecule has 6 nitrogen and oxygen atoms in total. The smallest absolute Gasteiger partial charge is 0.272 e. The van der Waals surface area contributed by atoms with Gasteiger partial charge in [-0.1, -0.05) is 11.6 Å². The van der Waals surface area contributed by atoms with Crippen LogP contribution in [0.3, 0.4) is 0 Å². The van der Waals surface area contributed by atoms with Gasteiger partial charge in [0.25, 0.3) is 5.91 Å². The molecule has 1 aliphatic heterocycles. The predicted octanol–water partition coefficient (Wildman–Crippen LogP) is 2.60. The maximum absolute atomic E-state index is 12.5. The first-order chi connectivity index (χ1) is 12.1. The molecule has 0 saturated carbocycles. The number of halogens is 1. The van der Waals surface area contributed by atoms with Gasteiger partial charge in [-0.25, -0.2) is 0 Å². The number of amides is 1. The van der Waals surface area contributed by atoms with E-state index in [2.05, 4.69) is 15.4 Å². The van der Waals surface area contributed by atoms with Crippen molar-refractivity contribution in [2.24, 2.45) is 7.05 Å². The van der Waals surface area contributed by atoms with Gasteiger partial charge in [-0.3, -0.25) is 9.48 Å². The Morgan fingerprint density at radius 2 is 2.36 bits per heavy atom. The molecule has 0 fully saturated rings. The fourth-order valence-corrected chi connectivity index (χ4v) is 3.52. The summed E-state index contributed by atoms with van der Waals surface area (Å²) in [5.74, 6) is -0.153. The van der Waals surface area contributed by atoms with Crippen molar-refractivity contribution >= 4 is 28.4 Å². The standard InChI is InChI=1S/C18H19ClN4O2/c1-23-16-5-7-25-10-14(16)17(22-23)18(24)20-6-4-11-9-21-15-3-2-12(19)8-13(11)15/h2-3,8-9,21H,4-7,10H2,1H3,(H,20,24). The Morgan fingerprint density at radius 1 is 1.48 bits per heavy atom. The Labute approximate surface area is 150 Å². The highest BCUT2D eigenvalue weighted by molar-refractivity contribution is 6.31. The average Bonchev–Trinajstić information content (AvgIpc) is 3.16. The number of aromatic amines is 1. The quantitative estimate of drug-likeness (QED) is 0.753. The van der Waals surface area contributed by atoms with Gasteiger partial charge in [-0.15, -0.1) is 0 Å².